The average molecular weight is 107 g/mol. The van der Waals surface area contributed by atoms with Crippen LogP contribution >= 0.6 is 0 Å². The molecule has 0 aromatic carbocycles. The summed E-state index contributed by atoms with van der Waals surface area (Å²) in [6.45, 7) is 3.47. The summed E-state index contributed by atoms with van der Waals surface area (Å²) < 4.78 is 0. The maximum absolute atomic E-state index is 3.76. The molecule has 0 unspecified atom stereocenters. The molecule has 0 saturated heterocycles. The molecule has 0 amide bonds. The van der Waals surface area contributed by atoms with E-state index in [0.29, 0.717) is 5.82 Å². The van der Waals surface area contributed by atoms with Crippen molar-refractivity contribution in [1.29, 1.82) is 0 Å². The second-order valence-corrected chi connectivity index (χ2v) is 1.22. The Bertz CT molecular complexity index is 162. The van der Waals surface area contributed by atoms with Crippen LogP contribution in [0, 0.1) is 0 Å². The number of rotatable bonds is 1. The summed E-state index contributed by atoms with van der Waals surface area (Å²) >= 11 is 0. The van der Waals surface area contributed by atoms with Crippen molar-refractivity contribution in [3.05, 3.63) is 24.6 Å². The van der Waals surface area contributed by atoms with Gasteiger partial charge in [-0.05, 0) is 6.08 Å². The lowest BCUT2D eigenvalue weighted by molar-refractivity contribution is 1.20. The predicted molar refractivity (Wildman–Crippen MR) is 31.6 cm³/mol. The molecule has 0 N–H and O–H groups in total. The Balaban J connectivity index is 2.74. The fraction of sp³-hybridized carbons (Fsp3) is 0. The molecule has 0 aromatic rings. The molecule has 3 heteroatoms. The summed E-state index contributed by atoms with van der Waals surface area (Å²) in [7, 11) is 0. The van der Waals surface area contributed by atoms with Crippen molar-refractivity contribution in [1.82, 2.24) is 0 Å². The van der Waals surface area contributed by atoms with Gasteiger partial charge in [-0.3, -0.25) is 0 Å². The lowest BCUT2D eigenvalue weighted by Crippen LogP contribution is -1.59. The monoisotopic (exact) mass is 107 g/mol. The quantitative estimate of drug-likeness (QED) is 0.487. The van der Waals surface area contributed by atoms with Crippen LogP contribution in [0.5, 0.6) is 0 Å². The molecule has 0 aromatic heterocycles. The maximum atomic E-state index is 3.76. The number of azo groups is 1. The highest BCUT2D eigenvalue weighted by Gasteiger charge is 1.89. The Morgan fingerprint density at radius 2 is 2.50 bits per heavy atom. The number of allylic oxidation sites excluding steroid dienone is 2. The van der Waals surface area contributed by atoms with Gasteiger partial charge in [-0.2, -0.15) is 0 Å². The second-order valence-electron chi connectivity index (χ2n) is 1.22. The largest absolute Gasteiger partial charge is 0.213 e. The molecule has 3 nitrogen and oxygen atoms in total. The minimum Gasteiger partial charge on any atom is -0.213 e. The summed E-state index contributed by atoms with van der Waals surface area (Å²) in [5.41, 5.74) is 0. The van der Waals surface area contributed by atoms with E-state index in [4.69, 9.17) is 0 Å². The first-order valence-electron chi connectivity index (χ1n) is 2.19. The topological polar surface area (TPSA) is 37.1 Å². The molecule has 1 aliphatic rings. The van der Waals surface area contributed by atoms with E-state index in [-0.39, 0.29) is 0 Å². The van der Waals surface area contributed by atoms with Crippen molar-refractivity contribution in [3.8, 4) is 0 Å². The van der Waals surface area contributed by atoms with Gasteiger partial charge in [-0.1, -0.05) is 12.7 Å². The highest BCUT2D eigenvalue weighted by atomic mass is 15.2. The van der Waals surface area contributed by atoms with Crippen LogP contribution in [0.15, 0.2) is 39.8 Å². The molecule has 0 saturated carbocycles. The van der Waals surface area contributed by atoms with Gasteiger partial charge in [0.05, 0.1) is 0 Å². The molecule has 0 radical (unpaired) electrons. The smallest absolute Gasteiger partial charge is 0.176 e. The van der Waals surface area contributed by atoms with Gasteiger partial charge in [0.15, 0.2) is 5.82 Å². The molecular formula is C5H5N3. The van der Waals surface area contributed by atoms with Crippen LogP contribution in [0.1, 0.15) is 0 Å². The number of aliphatic imine (C=N–C) groups is 1. The highest BCUT2D eigenvalue weighted by molar-refractivity contribution is 5.58. The molecule has 0 atom stereocenters. The second kappa shape index (κ2) is 2.16. The number of nitrogens with zero attached hydrogens (tertiary/aromatic N) is 3. The zero-order valence-electron chi connectivity index (χ0n) is 4.28. The molecule has 40 valence electrons. The molecule has 0 fully saturated rings. The molecule has 0 aliphatic carbocycles. The van der Waals surface area contributed by atoms with E-state index in [1.54, 1.807) is 12.2 Å². The van der Waals surface area contributed by atoms with E-state index >= 15 is 0 Å². The van der Waals surface area contributed by atoms with Gasteiger partial charge in [0.25, 0.3) is 0 Å². The SMILES string of the molecule is C=CC=C1N=CN=N1. The Kier molecular flexibility index (Phi) is 1.32. The maximum Gasteiger partial charge on any atom is 0.176 e. The highest BCUT2D eigenvalue weighted by Crippen LogP contribution is 2.03. The first-order valence-corrected chi connectivity index (χ1v) is 2.19. The van der Waals surface area contributed by atoms with Crippen LogP contribution in [-0.4, -0.2) is 6.34 Å². The lowest BCUT2D eigenvalue weighted by atomic mass is 10.5. The van der Waals surface area contributed by atoms with Crippen LogP contribution in [-0.2, 0) is 0 Å². The van der Waals surface area contributed by atoms with Gasteiger partial charge in [-0.25, -0.2) is 4.99 Å². The minimum atomic E-state index is 0.611. The van der Waals surface area contributed by atoms with Crippen molar-refractivity contribution < 1.29 is 0 Å². The fourth-order valence-corrected chi connectivity index (χ4v) is 0.378. The van der Waals surface area contributed by atoms with Crippen molar-refractivity contribution in [2.24, 2.45) is 15.2 Å². The van der Waals surface area contributed by atoms with Gasteiger partial charge in [0, 0.05) is 0 Å². The Morgan fingerprint density at radius 3 is 3.00 bits per heavy atom. The summed E-state index contributed by atoms with van der Waals surface area (Å²) in [6.07, 6.45) is 4.71. The van der Waals surface area contributed by atoms with E-state index in [2.05, 4.69) is 21.8 Å². The van der Waals surface area contributed by atoms with Crippen LogP contribution < -0.4 is 0 Å². The number of hydrogen-bond donors (Lipinski definition) is 0. The minimum absolute atomic E-state index is 0.611. The molecule has 8 heavy (non-hydrogen) atoms. The van der Waals surface area contributed by atoms with Crippen molar-refractivity contribution in [2.45, 2.75) is 0 Å². The third-order valence-electron chi connectivity index (χ3n) is 0.669. The molecule has 1 heterocycles. The van der Waals surface area contributed by atoms with E-state index in [0.717, 1.165) is 0 Å². The normalized spacial score (nSPS) is 20.2. The van der Waals surface area contributed by atoms with E-state index < -0.39 is 0 Å². The molecule has 0 spiro atoms. The Hall–Kier alpha value is -1.25. The summed E-state index contributed by atoms with van der Waals surface area (Å²) in [5.74, 6) is 0.611. The lowest BCUT2D eigenvalue weighted by Gasteiger charge is -1.75. The van der Waals surface area contributed by atoms with Gasteiger partial charge in [-0.15, -0.1) is 10.2 Å². The van der Waals surface area contributed by atoms with Gasteiger partial charge in [0.1, 0.15) is 6.34 Å². The zero-order valence-corrected chi connectivity index (χ0v) is 4.28. The molecule has 0 bridgehead atoms. The van der Waals surface area contributed by atoms with Crippen LogP contribution in [0.3, 0.4) is 0 Å². The van der Waals surface area contributed by atoms with Crippen molar-refractivity contribution >= 4 is 6.34 Å². The third-order valence-corrected chi connectivity index (χ3v) is 0.669. The van der Waals surface area contributed by atoms with Crippen LogP contribution in [0.2, 0.25) is 0 Å². The zero-order chi connectivity index (χ0) is 5.82. The van der Waals surface area contributed by atoms with Gasteiger partial charge >= 0.3 is 0 Å². The summed E-state index contributed by atoms with van der Waals surface area (Å²) in [6, 6.07) is 0. The Labute approximate surface area is 47.2 Å². The summed E-state index contributed by atoms with van der Waals surface area (Å²) in [5, 5.41) is 7.12. The fourth-order valence-electron chi connectivity index (χ4n) is 0.378. The van der Waals surface area contributed by atoms with Crippen LogP contribution in [0.25, 0.3) is 0 Å². The first kappa shape index (κ1) is 4.90. The summed E-state index contributed by atoms with van der Waals surface area (Å²) in [4.78, 5) is 3.76. The number of hydrogen-bond acceptors (Lipinski definition) is 3. The molecular weight excluding hydrogens is 102 g/mol. The van der Waals surface area contributed by atoms with Crippen molar-refractivity contribution in [3.63, 3.8) is 0 Å². The third kappa shape index (κ3) is 0.872. The predicted octanol–water partition coefficient (Wildman–Crippen LogP) is 1.51. The van der Waals surface area contributed by atoms with Gasteiger partial charge in [0.2, 0.25) is 0 Å². The van der Waals surface area contributed by atoms with E-state index in [1.165, 1.54) is 6.34 Å². The first-order chi connectivity index (χ1) is 3.93. The van der Waals surface area contributed by atoms with E-state index in [1.807, 2.05) is 0 Å². The molecule has 1 rings (SSSR count). The Morgan fingerprint density at radius 1 is 1.62 bits per heavy atom. The van der Waals surface area contributed by atoms with Crippen molar-refractivity contribution in [2.75, 3.05) is 0 Å². The average Bonchev–Trinajstić information content (AvgIpc) is 2.19. The van der Waals surface area contributed by atoms with E-state index in [9.17, 15) is 0 Å². The standard InChI is InChI=1S/C5H5N3/c1-2-3-5-6-4-7-8-5/h2-4H,1H2. The van der Waals surface area contributed by atoms with Gasteiger partial charge < -0.3 is 0 Å². The molecule has 1 aliphatic heterocycles. The van der Waals surface area contributed by atoms with Crippen LogP contribution in [0.4, 0.5) is 0 Å².